The Bertz CT molecular complexity index is 472. The molecule has 0 radical (unpaired) electrons. The van der Waals surface area contributed by atoms with Crippen LogP contribution in [0.5, 0.6) is 0 Å². The summed E-state index contributed by atoms with van der Waals surface area (Å²) in [6.45, 7) is 1.26. The van der Waals surface area contributed by atoms with Gasteiger partial charge in [0.1, 0.15) is 5.82 Å². The monoisotopic (exact) mass is 252 g/mol. The molecular weight excluding hydrogens is 236 g/mol. The Hall–Kier alpha value is -1.17. The highest BCUT2D eigenvalue weighted by Crippen LogP contribution is 2.25. The summed E-state index contributed by atoms with van der Waals surface area (Å²) in [5.74, 6) is 0.905. The van der Waals surface area contributed by atoms with Crippen molar-refractivity contribution in [3.05, 3.63) is 23.7 Å². The summed E-state index contributed by atoms with van der Waals surface area (Å²) < 4.78 is 11.6. The standard InChI is InChI=1S/C12H16N2O2S/c1-15-8-9(16-2)7-14-12-10-4-6-17-11(10)3-5-13-12/h3-6,9H,7-8H2,1-2H3,(H,13,14). The summed E-state index contributed by atoms with van der Waals surface area (Å²) in [5, 5.41) is 6.53. The molecule has 2 aromatic rings. The number of hydrogen-bond donors (Lipinski definition) is 1. The van der Waals surface area contributed by atoms with Crippen LogP contribution in [-0.4, -0.2) is 38.5 Å². The maximum absolute atomic E-state index is 5.29. The van der Waals surface area contributed by atoms with Gasteiger partial charge in [-0.1, -0.05) is 0 Å². The van der Waals surface area contributed by atoms with Crippen LogP contribution in [0.4, 0.5) is 5.82 Å². The molecule has 0 aliphatic rings. The third kappa shape index (κ3) is 2.94. The van der Waals surface area contributed by atoms with Gasteiger partial charge in [-0.25, -0.2) is 4.98 Å². The van der Waals surface area contributed by atoms with Gasteiger partial charge in [0, 0.05) is 37.0 Å². The van der Waals surface area contributed by atoms with Crippen LogP contribution in [0.15, 0.2) is 23.7 Å². The van der Waals surface area contributed by atoms with E-state index in [0.29, 0.717) is 13.2 Å². The topological polar surface area (TPSA) is 43.4 Å². The number of pyridine rings is 1. The SMILES string of the molecule is COCC(CNc1nccc2sccc12)OC. The predicted octanol–water partition coefficient (Wildman–Crippen LogP) is 2.37. The van der Waals surface area contributed by atoms with Crippen molar-refractivity contribution in [1.82, 2.24) is 4.98 Å². The molecule has 0 saturated heterocycles. The highest BCUT2D eigenvalue weighted by Gasteiger charge is 2.08. The lowest BCUT2D eigenvalue weighted by Gasteiger charge is -2.15. The Balaban J connectivity index is 2.05. The van der Waals surface area contributed by atoms with E-state index in [1.165, 1.54) is 4.70 Å². The normalized spacial score (nSPS) is 12.8. The third-order valence-electron chi connectivity index (χ3n) is 2.56. The van der Waals surface area contributed by atoms with Crippen molar-refractivity contribution in [2.45, 2.75) is 6.10 Å². The number of anilines is 1. The molecule has 0 amide bonds. The van der Waals surface area contributed by atoms with Crippen molar-refractivity contribution in [2.24, 2.45) is 0 Å². The summed E-state index contributed by atoms with van der Waals surface area (Å²) >= 11 is 1.72. The van der Waals surface area contributed by atoms with Crippen molar-refractivity contribution >= 4 is 27.2 Å². The summed E-state index contributed by atoms with van der Waals surface area (Å²) in [4.78, 5) is 4.34. The smallest absolute Gasteiger partial charge is 0.134 e. The fraction of sp³-hybridized carbons (Fsp3) is 0.417. The average molecular weight is 252 g/mol. The van der Waals surface area contributed by atoms with E-state index < -0.39 is 0 Å². The predicted molar refractivity (Wildman–Crippen MR) is 70.8 cm³/mol. The van der Waals surface area contributed by atoms with Crippen molar-refractivity contribution < 1.29 is 9.47 Å². The number of methoxy groups -OCH3 is 2. The zero-order chi connectivity index (χ0) is 12.1. The minimum Gasteiger partial charge on any atom is -0.382 e. The lowest BCUT2D eigenvalue weighted by molar-refractivity contribution is 0.0365. The number of ether oxygens (including phenoxy) is 2. The summed E-state index contributed by atoms with van der Waals surface area (Å²) in [6, 6.07) is 4.10. The van der Waals surface area contributed by atoms with Gasteiger partial charge in [-0.2, -0.15) is 0 Å². The molecule has 0 spiro atoms. The van der Waals surface area contributed by atoms with E-state index in [0.717, 1.165) is 11.2 Å². The van der Waals surface area contributed by atoms with Crippen LogP contribution in [0.3, 0.4) is 0 Å². The summed E-state index contributed by atoms with van der Waals surface area (Å²) in [7, 11) is 3.35. The van der Waals surface area contributed by atoms with Gasteiger partial charge in [-0.05, 0) is 17.5 Å². The van der Waals surface area contributed by atoms with E-state index in [9.17, 15) is 0 Å². The molecule has 4 nitrogen and oxygen atoms in total. The van der Waals surface area contributed by atoms with E-state index in [1.54, 1.807) is 25.6 Å². The third-order valence-corrected chi connectivity index (χ3v) is 3.45. The lowest BCUT2D eigenvalue weighted by Crippen LogP contribution is -2.26. The minimum atomic E-state index is 0.0377. The van der Waals surface area contributed by atoms with E-state index in [1.807, 2.05) is 12.3 Å². The van der Waals surface area contributed by atoms with Crippen molar-refractivity contribution in [3.63, 3.8) is 0 Å². The Labute approximate surface area is 105 Å². The largest absolute Gasteiger partial charge is 0.382 e. The van der Waals surface area contributed by atoms with Crippen molar-refractivity contribution in [3.8, 4) is 0 Å². The van der Waals surface area contributed by atoms with Gasteiger partial charge in [-0.3, -0.25) is 0 Å². The van der Waals surface area contributed by atoms with Crippen LogP contribution in [0.2, 0.25) is 0 Å². The second-order valence-electron chi connectivity index (χ2n) is 3.69. The zero-order valence-electron chi connectivity index (χ0n) is 9.97. The Morgan fingerprint density at radius 1 is 1.41 bits per heavy atom. The van der Waals surface area contributed by atoms with Crippen LogP contribution in [-0.2, 0) is 9.47 Å². The number of nitrogens with zero attached hydrogens (tertiary/aromatic N) is 1. The first-order valence-corrected chi connectivity index (χ1v) is 6.31. The molecule has 0 aromatic carbocycles. The van der Waals surface area contributed by atoms with Crippen LogP contribution in [0.25, 0.3) is 10.1 Å². The first-order valence-electron chi connectivity index (χ1n) is 5.43. The molecule has 17 heavy (non-hydrogen) atoms. The number of thiophene rings is 1. The van der Waals surface area contributed by atoms with E-state index >= 15 is 0 Å². The minimum absolute atomic E-state index is 0.0377. The maximum Gasteiger partial charge on any atom is 0.134 e. The molecule has 0 saturated carbocycles. The van der Waals surface area contributed by atoms with Gasteiger partial charge in [-0.15, -0.1) is 11.3 Å². The molecular formula is C12H16N2O2S. The number of rotatable bonds is 6. The van der Waals surface area contributed by atoms with Crippen LogP contribution < -0.4 is 5.32 Å². The summed E-state index contributed by atoms with van der Waals surface area (Å²) in [6.07, 6.45) is 1.86. The van der Waals surface area contributed by atoms with Gasteiger partial charge >= 0.3 is 0 Å². The zero-order valence-corrected chi connectivity index (χ0v) is 10.8. The first-order chi connectivity index (χ1) is 8.35. The van der Waals surface area contributed by atoms with Gasteiger partial charge in [0.15, 0.2) is 0 Å². The second kappa shape index (κ2) is 5.95. The first kappa shape index (κ1) is 12.3. The number of fused-ring (bicyclic) bond motifs is 1. The molecule has 92 valence electrons. The van der Waals surface area contributed by atoms with Crippen LogP contribution in [0.1, 0.15) is 0 Å². The van der Waals surface area contributed by atoms with E-state index in [4.69, 9.17) is 9.47 Å². The number of nitrogens with one attached hydrogen (secondary N) is 1. The highest BCUT2D eigenvalue weighted by atomic mass is 32.1. The molecule has 0 aliphatic carbocycles. The molecule has 1 unspecified atom stereocenters. The van der Waals surface area contributed by atoms with Crippen LogP contribution in [0, 0.1) is 0 Å². The molecule has 2 heterocycles. The molecule has 0 bridgehead atoms. The van der Waals surface area contributed by atoms with Gasteiger partial charge in [0.05, 0.1) is 12.7 Å². The van der Waals surface area contributed by atoms with E-state index in [2.05, 4.69) is 21.7 Å². The molecule has 1 N–H and O–H groups in total. The van der Waals surface area contributed by atoms with Gasteiger partial charge in [0.2, 0.25) is 0 Å². The quantitative estimate of drug-likeness (QED) is 0.857. The molecule has 2 rings (SSSR count). The number of hydrogen-bond acceptors (Lipinski definition) is 5. The van der Waals surface area contributed by atoms with Crippen molar-refractivity contribution in [2.75, 3.05) is 32.7 Å². The molecule has 2 aromatic heterocycles. The van der Waals surface area contributed by atoms with Gasteiger partial charge < -0.3 is 14.8 Å². The van der Waals surface area contributed by atoms with Crippen LogP contribution >= 0.6 is 11.3 Å². The Morgan fingerprint density at radius 2 is 2.29 bits per heavy atom. The molecule has 0 aliphatic heterocycles. The molecule has 1 atom stereocenters. The maximum atomic E-state index is 5.29. The molecule has 5 heteroatoms. The molecule has 0 fully saturated rings. The average Bonchev–Trinajstić information content (AvgIpc) is 2.83. The highest BCUT2D eigenvalue weighted by molar-refractivity contribution is 7.17. The second-order valence-corrected chi connectivity index (χ2v) is 4.63. The summed E-state index contributed by atoms with van der Waals surface area (Å²) in [5.41, 5.74) is 0. The number of aromatic nitrogens is 1. The fourth-order valence-corrected chi connectivity index (χ4v) is 2.42. The lowest BCUT2D eigenvalue weighted by atomic mass is 10.3. The Kier molecular flexibility index (Phi) is 4.30. The fourth-order valence-electron chi connectivity index (χ4n) is 1.64. The van der Waals surface area contributed by atoms with Gasteiger partial charge in [0.25, 0.3) is 0 Å². The van der Waals surface area contributed by atoms with E-state index in [-0.39, 0.29) is 6.10 Å². The Morgan fingerprint density at radius 3 is 3.06 bits per heavy atom. The van der Waals surface area contributed by atoms with Crippen molar-refractivity contribution in [1.29, 1.82) is 0 Å².